The lowest BCUT2D eigenvalue weighted by atomic mass is 9.93. The maximum atomic E-state index is 11.7. The van der Waals surface area contributed by atoms with E-state index in [-0.39, 0.29) is 0 Å². The molecule has 0 radical (unpaired) electrons. The van der Waals surface area contributed by atoms with Crippen molar-refractivity contribution in [3.63, 3.8) is 0 Å². The number of hydrogen-bond acceptors (Lipinski definition) is 8. The van der Waals surface area contributed by atoms with Crippen LogP contribution in [0.3, 0.4) is 0 Å². The van der Waals surface area contributed by atoms with Crippen LogP contribution in [0, 0.1) is 0 Å². The van der Waals surface area contributed by atoms with Gasteiger partial charge in [0, 0.05) is 9.82 Å². The van der Waals surface area contributed by atoms with Gasteiger partial charge in [0.15, 0.2) is 6.10 Å². The minimum atomic E-state index is -1.81. The summed E-state index contributed by atoms with van der Waals surface area (Å²) in [6.45, 7) is -1.17. The quantitative estimate of drug-likeness (QED) is 0.196. The van der Waals surface area contributed by atoms with E-state index < -0.39 is 61.2 Å². The Morgan fingerprint density at radius 2 is 1.96 bits per heavy atom. The largest absolute Gasteiger partial charge is 0.478 e. The molecule has 0 bridgehead atoms. The number of aliphatic hydroxyl groups excluding tert-OH is 3. The van der Waals surface area contributed by atoms with Gasteiger partial charge in [0.2, 0.25) is 11.7 Å². The summed E-state index contributed by atoms with van der Waals surface area (Å²) in [6, 6.07) is -1.36. The number of carboxylic acids is 1. The maximum absolute atomic E-state index is 11.7. The highest BCUT2D eigenvalue weighted by Gasteiger charge is 2.43. The number of carbonyl (C=O) groups excluding carboxylic acids is 1. The standard InChI is InChI=1S/C11H15N7O7/c12-17-14-2-5(20)9(22)10-8(16-7(21)3-15-18-13)4(19)1-6(25-10)11(23)24/h1,4-5,8-10,19-20,22H,2-3H2,(H,16,21)(H,23,24)/t4-,5+,8+,9-,10+/m0/s1. The zero-order chi connectivity index (χ0) is 19.0. The van der Waals surface area contributed by atoms with E-state index in [0.29, 0.717) is 0 Å². The molecular weight excluding hydrogens is 342 g/mol. The summed E-state index contributed by atoms with van der Waals surface area (Å²) in [4.78, 5) is 27.5. The molecule has 5 atom stereocenters. The number of azide groups is 2. The molecule has 0 fully saturated rings. The Kier molecular flexibility index (Phi) is 7.46. The molecule has 0 aromatic heterocycles. The normalized spacial score (nSPS) is 24.4. The first-order valence-electron chi connectivity index (χ1n) is 6.78. The van der Waals surface area contributed by atoms with Gasteiger partial charge in [-0.25, -0.2) is 4.79 Å². The molecule has 1 rings (SSSR count). The van der Waals surface area contributed by atoms with Gasteiger partial charge in [-0.15, -0.1) is 0 Å². The van der Waals surface area contributed by atoms with Crippen molar-refractivity contribution < 1.29 is 34.8 Å². The van der Waals surface area contributed by atoms with Gasteiger partial charge in [-0.1, -0.05) is 10.2 Å². The number of nitrogens with zero attached hydrogens (tertiary/aromatic N) is 6. The molecule has 1 heterocycles. The Morgan fingerprint density at radius 3 is 2.52 bits per heavy atom. The number of ether oxygens (including phenoxy) is 1. The van der Waals surface area contributed by atoms with Crippen molar-refractivity contribution in [2.45, 2.75) is 30.5 Å². The van der Waals surface area contributed by atoms with Crippen LogP contribution < -0.4 is 5.32 Å². The van der Waals surface area contributed by atoms with Gasteiger partial charge >= 0.3 is 5.97 Å². The van der Waals surface area contributed by atoms with Gasteiger partial charge in [0.05, 0.1) is 18.7 Å². The zero-order valence-electron chi connectivity index (χ0n) is 12.6. The second-order valence-corrected chi connectivity index (χ2v) is 4.86. The van der Waals surface area contributed by atoms with E-state index >= 15 is 0 Å². The molecule has 0 aliphatic carbocycles. The van der Waals surface area contributed by atoms with Crippen molar-refractivity contribution in [2.75, 3.05) is 13.1 Å². The highest BCUT2D eigenvalue weighted by molar-refractivity contribution is 5.85. The number of rotatable bonds is 8. The van der Waals surface area contributed by atoms with Crippen LogP contribution in [-0.2, 0) is 14.3 Å². The first-order chi connectivity index (χ1) is 11.8. The third-order valence-electron chi connectivity index (χ3n) is 3.19. The number of nitrogens with one attached hydrogen (secondary N) is 1. The van der Waals surface area contributed by atoms with E-state index in [1.165, 1.54) is 0 Å². The predicted molar refractivity (Wildman–Crippen MR) is 78.6 cm³/mol. The zero-order valence-corrected chi connectivity index (χ0v) is 12.6. The summed E-state index contributed by atoms with van der Waals surface area (Å²) in [6.07, 6.45) is -5.83. The highest BCUT2D eigenvalue weighted by Crippen LogP contribution is 2.23. The summed E-state index contributed by atoms with van der Waals surface area (Å²) in [5, 5.41) is 47.2. The van der Waals surface area contributed by atoms with E-state index in [1.54, 1.807) is 0 Å². The van der Waals surface area contributed by atoms with Gasteiger partial charge in [-0.3, -0.25) is 4.79 Å². The molecule has 0 spiro atoms. The van der Waals surface area contributed by atoms with Crippen LogP contribution in [0.5, 0.6) is 0 Å². The minimum Gasteiger partial charge on any atom is -0.478 e. The van der Waals surface area contributed by atoms with Crippen molar-refractivity contribution in [1.29, 1.82) is 0 Å². The molecule has 14 nitrogen and oxygen atoms in total. The Labute approximate surface area is 139 Å². The second-order valence-electron chi connectivity index (χ2n) is 4.86. The second kappa shape index (κ2) is 9.32. The molecule has 5 N–H and O–H groups in total. The summed E-state index contributed by atoms with van der Waals surface area (Å²) < 4.78 is 5.04. The van der Waals surface area contributed by atoms with Crippen LogP contribution in [-0.4, -0.2) is 75.8 Å². The molecule has 14 heteroatoms. The van der Waals surface area contributed by atoms with Crippen LogP contribution in [0.2, 0.25) is 0 Å². The van der Waals surface area contributed by atoms with Gasteiger partial charge in [0.1, 0.15) is 18.8 Å². The minimum absolute atomic E-state index is 0.556. The average Bonchev–Trinajstić information content (AvgIpc) is 2.58. The van der Waals surface area contributed by atoms with E-state index in [9.17, 15) is 24.9 Å². The number of hydrogen-bond donors (Lipinski definition) is 5. The Morgan fingerprint density at radius 1 is 1.32 bits per heavy atom. The van der Waals surface area contributed by atoms with E-state index in [4.69, 9.17) is 20.9 Å². The molecule has 25 heavy (non-hydrogen) atoms. The fourth-order valence-corrected chi connectivity index (χ4v) is 2.06. The Bertz CT molecular complexity index is 641. The van der Waals surface area contributed by atoms with E-state index in [0.717, 1.165) is 6.08 Å². The Balaban J connectivity index is 3.05. The fourth-order valence-electron chi connectivity index (χ4n) is 2.06. The van der Waals surface area contributed by atoms with Crippen LogP contribution in [0.4, 0.5) is 0 Å². The van der Waals surface area contributed by atoms with E-state index in [2.05, 4.69) is 25.4 Å². The molecular formula is C11H15N7O7. The predicted octanol–water partition coefficient (Wildman–Crippen LogP) is -1.46. The topological polar surface area (TPSA) is 234 Å². The highest BCUT2D eigenvalue weighted by atomic mass is 16.5. The van der Waals surface area contributed by atoms with Crippen LogP contribution in [0.15, 0.2) is 22.1 Å². The third kappa shape index (κ3) is 5.53. The molecule has 1 aliphatic heterocycles. The SMILES string of the molecule is [N-]=[N+]=NCC(=O)N[C@H]1[C@H]([C@@H](O)[C@H](O)CN=[N+]=[N-])OC(C(=O)O)=C[C@@H]1O. The molecule has 0 unspecified atom stereocenters. The van der Waals surface area contributed by atoms with Crippen molar-refractivity contribution >= 4 is 11.9 Å². The van der Waals surface area contributed by atoms with Gasteiger partial charge in [0.25, 0.3) is 0 Å². The van der Waals surface area contributed by atoms with Crippen LogP contribution >= 0.6 is 0 Å². The first-order valence-corrected chi connectivity index (χ1v) is 6.78. The Hall–Kier alpha value is -3.02. The summed E-state index contributed by atoms with van der Waals surface area (Å²) in [7, 11) is 0. The van der Waals surface area contributed by atoms with Crippen molar-refractivity contribution in [3.05, 3.63) is 32.7 Å². The maximum Gasteiger partial charge on any atom is 0.370 e. The summed E-state index contributed by atoms with van der Waals surface area (Å²) >= 11 is 0. The lowest BCUT2D eigenvalue weighted by molar-refractivity contribution is -0.147. The molecule has 0 saturated heterocycles. The molecule has 0 aromatic rings. The van der Waals surface area contributed by atoms with Gasteiger partial charge in [-0.2, -0.15) is 0 Å². The van der Waals surface area contributed by atoms with Gasteiger partial charge < -0.3 is 30.5 Å². The molecule has 1 amide bonds. The molecule has 0 aromatic carbocycles. The van der Waals surface area contributed by atoms with Crippen LogP contribution in [0.1, 0.15) is 0 Å². The average molecular weight is 357 g/mol. The fraction of sp³-hybridized carbons (Fsp3) is 0.636. The molecule has 136 valence electrons. The number of amides is 1. The lowest BCUT2D eigenvalue weighted by Crippen LogP contribution is -2.60. The third-order valence-corrected chi connectivity index (χ3v) is 3.19. The van der Waals surface area contributed by atoms with Crippen molar-refractivity contribution in [1.82, 2.24) is 5.32 Å². The van der Waals surface area contributed by atoms with Crippen LogP contribution in [0.25, 0.3) is 20.9 Å². The summed E-state index contributed by atoms with van der Waals surface area (Å²) in [5.74, 6) is -3.08. The van der Waals surface area contributed by atoms with Crippen molar-refractivity contribution in [2.24, 2.45) is 10.2 Å². The number of carboxylic acid groups (broad SMARTS) is 1. The lowest BCUT2D eigenvalue weighted by Gasteiger charge is -2.38. The number of carbonyl (C=O) groups is 2. The first kappa shape index (κ1) is 20.0. The monoisotopic (exact) mass is 357 g/mol. The number of aliphatic hydroxyl groups is 3. The molecule has 1 aliphatic rings. The number of aliphatic carboxylic acids is 1. The van der Waals surface area contributed by atoms with E-state index in [1.807, 2.05) is 0 Å². The van der Waals surface area contributed by atoms with Gasteiger partial charge in [-0.05, 0) is 17.1 Å². The van der Waals surface area contributed by atoms with Crippen molar-refractivity contribution in [3.8, 4) is 0 Å². The smallest absolute Gasteiger partial charge is 0.370 e. The summed E-state index contributed by atoms with van der Waals surface area (Å²) in [5.41, 5.74) is 16.4. The molecule has 0 saturated carbocycles.